The van der Waals surface area contributed by atoms with Crippen LogP contribution < -0.4 is 0 Å². The van der Waals surface area contributed by atoms with Crippen molar-refractivity contribution in [1.82, 2.24) is 0 Å². The van der Waals surface area contributed by atoms with Crippen molar-refractivity contribution in [2.75, 3.05) is 0 Å². The van der Waals surface area contributed by atoms with Gasteiger partial charge in [-0.1, -0.05) is 97.1 Å². The van der Waals surface area contributed by atoms with Crippen molar-refractivity contribution in [1.29, 1.82) is 0 Å². The Hall–Kier alpha value is -5.94. The smallest absolute Gasteiger partial charge is 0.208 e. The Morgan fingerprint density at radius 2 is 1.11 bits per heavy atom. The minimum absolute atomic E-state index is 0.156. The van der Waals surface area contributed by atoms with Crippen LogP contribution in [-0.4, -0.2) is 25.5 Å². The summed E-state index contributed by atoms with van der Waals surface area (Å²) in [6.07, 6.45) is 8.93. The predicted octanol–water partition coefficient (Wildman–Crippen LogP) is 10.5. The van der Waals surface area contributed by atoms with Crippen molar-refractivity contribution >= 4 is 37.9 Å². The summed E-state index contributed by atoms with van der Waals surface area (Å²) in [5.41, 5.74) is 9.81. The van der Waals surface area contributed by atoms with Gasteiger partial charge >= 0.3 is 0 Å². The van der Waals surface area contributed by atoms with Gasteiger partial charge in [0.15, 0.2) is 11.5 Å². The van der Waals surface area contributed by atoms with Gasteiger partial charge in [-0.3, -0.25) is 0 Å². The third-order valence-corrected chi connectivity index (χ3v) is 9.78. The number of allylic oxidation sites excluding steroid dienone is 4. The molecule has 0 radical (unpaired) electrons. The fourth-order valence-corrected chi connectivity index (χ4v) is 7.34. The Labute approximate surface area is 271 Å². The van der Waals surface area contributed by atoms with Gasteiger partial charge in [-0.05, 0) is 115 Å². The molecule has 0 fully saturated rings. The van der Waals surface area contributed by atoms with Crippen molar-refractivity contribution in [3.05, 3.63) is 120 Å². The van der Waals surface area contributed by atoms with Crippen molar-refractivity contribution in [2.45, 2.75) is 26.7 Å². The Kier molecular flexibility index (Phi) is 6.41. The summed E-state index contributed by atoms with van der Waals surface area (Å²) in [6.45, 7) is 4.36. The molecule has 5 N–H and O–H groups in total. The molecule has 0 aromatic heterocycles. The van der Waals surface area contributed by atoms with E-state index in [2.05, 4.69) is 92.7 Å². The molecule has 5 heteroatoms. The maximum atomic E-state index is 10.8. The number of phenolic OH excluding ortho intramolecular Hbond substituents is 5. The minimum Gasteiger partial charge on any atom is -0.504 e. The number of benzene rings is 7. The molecule has 1 aliphatic rings. The molecule has 230 valence electrons. The molecule has 0 atom stereocenters. The van der Waals surface area contributed by atoms with Crippen LogP contribution in [0.3, 0.4) is 0 Å². The molecule has 0 saturated heterocycles. The van der Waals surface area contributed by atoms with Gasteiger partial charge < -0.3 is 25.5 Å². The van der Waals surface area contributed by atoms with Gasteiger partial charge in [0.05, 0.1) is 5.56 Å². The highest BCUT2D eigenvalue weighted by Crippen LogP contribution is 2.56. The van der Waals surface area contributed by atoms with E-state index in [1.54, 1.807) is 6.07 Å². The second-order valence-corrected chi connectivity index (χ2v) is 12.4. The van der Waals surface area contributed by atoms with E-state index in [0.29, 0.717) is 5.56 Å². The maximum Gasteiger partial charge on any atom is 0.208 e. The van der Waals surface area contributed by atoms with E-state index < -0.39 is 28.7 Å². The van der Waals surface area contributed by atoms with E-state index >= 15 is 0 Å². The predicted molar refractivity (Wildman–Crippen MR) is 191 cm³/mol. The van der Waals surface area contributed by atoms with Gasteiger partial charge in [0, 0.05) is 0 Å². The molecule has 5 nitrogen and oxygen atoms in total. The van der Waals surface area contributed by atoms with Gasteiger partial charge in [-0.2, -0.15) is 0 Å². The second kappa shape index (κ2) is 10.6. The molecular weight excluding hydrogens is 584 g/mol. The van der Waals surface area contributed by atoms with E-state index in [4.69, 9.17) is 0 Å². The van der Waals surface area contributed by atoms with Gasteiger partial charge in [0.1, 0.15) is 0 Å². The highest BCUT2D eigenvalue weighted by Gasteiger charge is 2.26. The molecule has 0 aliphatic heterocycles. The van der Waals surface area contributed by atoms with Gasteiger partial charge in [-0.15, -0.1) is 0 Å². The monoisotopic (exact) mass is 616 g/mol. The van der Waals surface area contributed by atoms with Crippen LogP contribution in [0.25, 0.3) is 71.3 Å². The van der Waals surface area contributed by atoms with Crippen LogP contribution >= 0.6 is 0 Å². The summed E-state index contributed by atoms with van der Waals surface area (Å²) >= 11 is 0. The van der Waals surface area contributed by atoms with Crippen LogP contribution in [0.15, 0.2) is 103 Å². The van der Waals surface area contributed by atoms with Crippen molar-refractivity contribution in [3.63, 3.8) is 0 Å². The van der Waals surface area contributed by atoms with E-state index in [1.807, 2.05) is 18.2 Å². The van der Waals surface area contributed by atoms with Gasteiger partial charge in [0.25, 0.3) is 0 Å². The fraction of sp³-hybridized carbons (Fsp3) is 0.0952. The standard InChI is InChI=1S/C42H32O5/c1-22-11-12-27(21-34(22)29-10-6-9-28(23(29)2)24-7-4-3-5-8-24)30-17-13-25-15-19-32-33(20-16-26-14-18-31(30)35(25)36(26)32)37-38(43)40(45)42(47)41(46)39(37)44/h4,6-21,43-47H,3,5H2,1-2H3. The first-order chi connectivity index (χ1) is 22.7. The van der Waals surface area contributed by atoms with Crippen molar-refractivity contribution in [3.8, 4) is 62.1 Å². The largest absolute Gasteiger partial charge is 0.504 e. The molecule has 0 heterocycles. The summed E-state index contributed by atoms with van der Waals surface area (Å²) in [5.74, 6) is -4.20. The normalized spacial score (nSPS) is 13.2. The quantitative estimate of drug-likeness (QED) is 0.0769. The van der Waals surface area contributed by atoms with Crippen molar-refractivity contribution < 1.29 is 25.5 Å². The zero-order valence-corrected chi connectivity index (χ0v) is 26.0. The van der Waals surface area contributed by atoms with E-state index in [0.717, 1.165) is 56.3 Å². The summed E-state index contributed by atoms with van der Waals surface area (Å²) in [5, 5.41) is 57.9. The van der Waals surface area contributed by atoms with Crippen LogP contribution in [0.5, 0.6) is 28.7 Å². The lowest BCUT2D eigenvalue weighted by molar-refractivity contribution is 0.330. The van der Waals surface area contributed by atoms with Crippen LogP contribution in [0.2, 0.25) is 0 Å². The number of rotatable bonds is 4. The fourth-order valence-electron chi connectivity index (χ4n) is 7.34. The molecule has 1 aliphatic carbocycles. The molecule has 47 heavy (non-hydrogen) atoms. The molecule has 7 aromatic carbocycles. The second-order valence-electron chi connectivity index (χ2n) is 12.4. The van der Waals surface area contributed by atoms with Crippen LogP contribution in [0.4, 0.5) is 0 Å². The highest BCUT2D eigenvalue weighted by molar-refractivity contribution is 6.28. The topological polar surface area (TPSA) is 101 Å². The lowest BCUT2D eigenvalue weighted by Crippen LogP contribution is -1.95. The molecular formula is C42H32O5. The molecule has 0 unspecified atom stereocenters. The molecule has 8 rings (SSSR count). The molecule has 0 amide bonds. The Balaban J connectivity index is 1.34. The Morgan fingerprint density at radius 3 is 1.77 bits per heavy atom. The number of phenols is 5. The number of aromatic hydroxyl groups is 5. The third kappa shape index (κ3) is 4.23. The van der Waals surface area contributed by atoms with Crippen LogP contribution in [-0.2, 0) is 0 Å². The highest BCUT2D eigenvalue weighted by atomic mass is 16.4. The summed E-state index contributed by atoms with van der Waals surface area (Å²) < 4.78 is 0. The maximum absolute atomic E-state index is 10.8. The summed E-state index contributed by atoms with van der Waals surface area (Å²) in [6, 6.07) is 29.2. The Bertz CT molecular complexity index is 2450. The van der Waals surface area contributed by atoms with E-state index in [1.165, 1.54) is 33.4 Å². The molecule has 7 aromatic rings. The zero-order chi connectivity index (χ0) is 32.6. The van der Waals surface area contributed by atoms with Crippen LogP contribution in [0, 0.1) is 13.8 Å². The first kappa shape index (κ1) is 28.5. The number of hydrogen-bond donors (Lipinski definition) is 5. The summed E-state index contributed by atoms with van der Waals surface area (Å²) in [4.78, 5) is 0. The zero-order valence-electron chi connectivity index (χ0n) is 26.0. The summed E-state index contributed by atoms with van der Waals surface area (Å²) in [7, 11) is 0. The molecule has 0 saturated carbocycles. The van der Waals surface area contributed by atoms with Gasteiger partial charge in [-0.25, -0.2) is 0 Å². The third-order valence-electron chi connectivity index (χ3n) is 9.78. The van der Waals surface area contributed by atoms with Gasteiger partial charge in [0.2, 0.25) is 17.2 Å². The molecule has 0 spiro atoms. The number of aryl methyl sites for hydroxylation is 1. The van der Waals surface area contributed by atoms with Crippen LogP contribution in [0.1, 0.15) is 29.5 Å². The average molecular weight is 617 g/mol. The lowest BCUT2D eigenvalue weighted by atomic mass is 9.85. The average Bonchev–Trinajstić information content (AvgIpc) is 3.10. The molecule has 0 bridgehead atoms. The first-order valence-corrected chi connectivity index (χ1v) is 15.7. The lowest BCUT2D eigenvalue weighted by Gasteiger charge is -2.19. The van der Waals surface area contributed by atoms with E-state index in [9.17, 15) is 25.5 Å². The van der Waals surface area contributed by atoms with Crippen molar-refractivity contribution in [2.24, 2.45) is 0 Å². The Morgan fingerprint density at radius 1 is 0.511 bits per heavy atom. The SMILES string of the molecule is Cc1ccc(-c2ccc3ccc4c(-c5c(O)c(O)c(O)c(O)c5O)ccc5ccc2c3c54)cc1-c1cccc(C2=CCCC=C2)c1C. The first-order valence-electron chi connectivity index (χ1n) is 15.7. The minimum atomic E-state index is -0.978. The van der Waals surface area contributed by atoms with E-state index in [-0.39, 0.29) is 5.56 Å². The number of hydrogen-bond acceptors (Lipinski definition) is 5.